The number of sulfonamides is 1. The van der Waals surface area contributed by atoms with E-state index in [9.17, 15) is 25.6 Å². The van der Waals surface area contributed by atoms with Crippen LogP contribution in [0.3, 0.4) is 0 Å². The maximum absolute atomic E-state index is 14.1. The second kappa shape index (κ2) is 8.88. The second-order valence-corrected chi connectivity index (χ2v) is 12.7. The quantitative estimate of drug-likeness (QED) is 0.497. The highest BCUT2D eigenvalue weighted by molar-refractivity contribution is 7.89. The first-order chi connectivity index (χ1) is 15.4. The molecule has 0 N–H and O–H groups in total. The van der Waals surface area contributed by atoms with Crippen LogP contribution < -0.4 is 0 Å². The number of hydrogen-bond acceptors (Lipinski definition) is 5. The van der Waals surface area contributed by atoms with Gasteiger partial charge >= 0.3 is 0 Å². The highest BCUT2D eigenvalue weighted by atomic mass is 35.5. The molecule has 1 aliphatic carbocycles. The van der Waals surface area contributed by atoms with E-state index in [1.165, 1.54) is 28.6 Å². The molecule has 6 nitrogen and oxygen atoms in total. The van der Waals surface area contributed by atoms with Crippen molar-refractivity contribution in [1.29, 1.82) is 0 Å². The van der Waals surface area contributed by atoms with E-state index in [0.29, 0.717) is 37.1 Å². The lowest BCUT2D eigenvalue weighted by molar-refractivity contribution is 0.0860. The predicted molar refractivity (Wildman–Crippen MR) is 120 cm³/mol. The molecule has 1 aliphatic heterocycles. The van der Waals surface area contributed by atoms with Gasteiger partial charge in [-0.1, -0.05) is 11.6 Å². The van der Waals surface area contributed by atoms with Gasteiger partial charge in [-0.05, 0) is 74.1 Å². The molecule has 1 saturated carbocycles. The minimum absolute atomic E-state index is 0.000469. The van der Waals surface area contributed by atoms with E-state index in [1.807, 2.05) is 0 Å². The first kappa shape index (κ1) is 24.5. The van der Waals surface area contributed by atoms with Crippen molar-refractivity contribution in [2.45, 2.75) is 49.1 Å². The lowest BCUT2D eigenvalue weighted by Crippen LogP contribution is -2.51. The zero-order valence-electron chi connectivity index (χ0n) is 17.9. The standard InChI is InChI=1S/C22H24ClF2NO5S2/c1-32(27,28)31-14-22(9-10-22)21-4-2-3-20(15-11-17(24)13-18(25)12-15)26(21)33(29,30)19-7-5-16(23)6-8-19/h5-8,11-13,20-21H,2-4,9-10,14H2,1H3/t20-,21+/m1/s1. The summed E-state index contributed by atoms with van der Waals surface area (Å²) in [6.07, 6.45) is 3.59. The minimum atomic E-state index is -4.12. The van der Waals surface area contributed by atoms with Crippen LogP contribution in [0, 0.1) is 17.0 Å². The number of halogens is 3. The van der Waals surface area contributed by atoms with E-state index in [1.54, 1.807) is 0 Å². The van der Waals surface area contributed by atoms with Gasteiger partial charge in [-0.3, -0.25) is 4.18 Å². The van der Waals surface area contributed by atoms with Gasteiger partial charge in [0.25, 0.3) is 10.1 Å². The van der Waals surface area contributed by atoms with Crippen molar-refractivity contribution in [3.05, 3.63) is 64.7 Å². The largest absolute Gasteiger partial charge is 0.270 e. The molecule has 33 heavy (non-hydrogen) atoms. The fourth-order valence-electron chi connectivity index (χ4n) is 4.66. The Morgan fingerprint density at radius 3 is 2.18 bits per heavy atom. The molecule has 1 heterocycles. The van der Waals surface area contributed by atoms with E-state index in [4.69, 9.17) is 15.8 Å². The normalized spacial score (nSPS) is 23.4. The Morgan fingerprint density at radius 2 is 1.64 bits per heavy atom. The van der Waals surface area contributed by atoms with E-state index < -0.39 is 49.3 Å². The van der Waals surface area contributed by atoms with Crippen molar-refractivity contribution in [3.8, 4) is 0 Å². The summed E-state index contributed by atoms with van der Waals surface area (Å²) >= 11 is 5.94. The molecule has 180 valence electrons. The highest BCUT2D eigenvalue weighted by Crippen LogP contribution is 2.56. The van der Waals surface area contributed by atoms with Crippen molar-refractivity contribution < 1.29 is 29.8 Å². The zero-order valence-corrected chi connectivity index (χ0v) is 20.3. The number of piperidine rings is 1. The first-order valence-corrected chi connectivity index (χ1v) is 14.1. The number of hydrogen-bond donors (Lipinski definition) is 0. The lowest BCUT2D eigenvalue weighted by Gasteiger charge is -2.45. The summed E-state index contributed by atoms with van der Waals surface area (Å²) in [5.41, 5.74) is -0.470. The van der Waals surface area contributed by atoms with Gasteiger partial charge in [-0.25, -0.2) is 17.2 Å². The van der Waals surface area contributed by atoms with Crippen LogP contribution in [0.5, 0.6) is 0 Å². The molecule has 2 fully saturated rings. The molecule has 2 atom stereocenters. The molecular weight excluding hydrogens is 496 g/mol. The first-order valence-electron chi connectivity index (χ1n) is 10.5. The summed E-state index contributed by atoms with van der Waals surface area (Å²) in [5, 5.41) is 0.369. The molecule has 2 aromatic carbocycles. The van der Waals surface area contributed by atoms with Crippen LogP contribution in [0.15, 0.2) is 47.4 Å². The second-order valence-electron chi connectivity index (χ2n) is 8.78. The minimum Gasteiger partial charge on any atom is -0.270 e. The number of rotatable bonds is 7. The number of nitrogens with zero attached hydrogens (tertiary/aromatic N) is 1. The van der Waals surface area contributed by atoms with Crippen LogP contribution >= 0.6 is 11.6 Å². The predicted octanol–water partition coefficient (Wildman–Crippen LogP) is 4.66. The Bertz CT molecular complexity index is 1230. The zero-order chi connectivity index (χ0) is 24.0. The molecule has 0 spiro atoms. The molecule has 0 amide bonds. The third kappa shape index (κ3) is 5.24. The Morgan fingerprint density at radius 1 is 1.03 bits per heavy atom. The molecular formula is C22H24ClF2NO5S2. The van der Waals surface area contributed by atoms with Gasteiger partial charge in [-0.2, -0.15) is 12.7 Å². The molecule has 2 aromatic rings. The smallest absolute Gasteiger partial charge is 0.264 e. The summed E-state index contributed by atoms with van der Waals surface area (Å²) in [6, 6.07) is 7.33. The molecule has 0 unspecified atom stereocenters. The molecule has 0 radical (unpaired) electrons. The Labute approximate surface area is 197 Å². The fourth-order valence-corrected chi connectivity index (χ4v) is 7.18. The van der Waals surface area contributed by atoms with Crippen molar-refractivity contribution in [1.82, 2.24) is 4.31 Å². The molecule has 0 bridgehead atoms. The van der Waals surface area contributed by atoms with Crippen LogP contribution in [-0.2, 0) is 24.3 Å². The molecule has 11 heteroatoms. The van der Waals surface area contributed by atoms with Crippen LogP contribution in [0.25, 0.3) is 0 Å². The maximum Gasteiger partial charge on any atom is 0.264 e. The van der Waals surface area contributed by atoms with Crippen molar-refractivity contribution in [2.24, 2.45) is 5.41 Å². The van der Waals surface area contributed by atoms with Crippen molar-refractivity contribution in [3.63, 3.8) is 0 Å². The van der Waals surface area contributed by atoms with Gasteiger partial charge in [0.1, 0.15) is 11.6 Å². The van der Waals surface area contributed by atoms with E-state index in [-0.39, 0.29) is 17.1 Å². The van der Waals surface area contributed by atoms with E-state index in [0.717, 1.165) is 24.5 Å². The van der Waals surface area contributed by atoms with Gasteiger partial charge < -0.3 is 0 Å². The third-order valence-corrected chi connectivity index (χ3v) is 9.12. The monoisotopic (exact) mass is 519 g/mol. The summed E-state index contributed by atoms with van der Waals surface area (Å²) in [5.74, 6) is -1.59. The van der Waals surface area contributed by atoms with Gasteiger partial charge in [-0.15, -0.1) is 0 Å². The Hall–Kier alpha value is -1.59. The van der Waals surface area contributed by atoms with Crippen LogP contribution in [0.2, 0.25) is 5.02 Å². The number of benzene rings is 2. The van der Waals surface area contributed by atoms with Crippen molar-refractivity contribution >= 4 is 31.7 Å². The topological polar surface area (TPSA) is 80.8 Å². The van der Waals surface area contributed by atoms with Gasteiger partial charge in [0.2, 0.25) is 10.0 Å². The molecule has 4 rings (SSSR count). The fraction of sp³-hybridized carbons (Fsp3) is 0.455. The van der Waals surface area contributed by atoms with Crippen LogP contribution in [0.1, 0.15) is 43.7 Å². The highest BCUT2D eigenvalue weighted by Gasteiger charge is 2.57. The summed E-state index contributed by atoms with van der Waals surface area (Å²) in [6.45, 7) is -0.145. The lowest BCUT2D eigenvalue weighted by atomic mass is 9.85. The summed E-state index contributed by atoms with van der Waals surface area (Å²) in [4.78, 5) is 0.000469. The Balaban J connectivity index is 1.81. The van der Waals surface area contributed by atoms with Crippen LogP contribution in [0.4, 0.5) is 8.78 Å². The summed E-state index contributed by atoms with van der Waals surface area (Å²) in [7, 11) is -7.85. The molecule has 1 saturated heterocycles. The van der Waals surface area contributed by atoms with Crippen molar-refractivity contribution in [2.75, 3.05) is 12.9 Å². The summed E-state index contributed by atoms with van der Waals surface area (Å²) < 4.78 is 85.5. The average Bonchev–Trinajstić information content (AvgIpc) is 3.52. The SMILES string of the molecule is CS(=O)(=O)OCC1([C@@H]2CCC[C@H](c3cc(F)cc(F)c3)N2S(=O)(=O)c2ccc(Cl)cc2)CC1. The van der Waals surface area contributed by atoms with Gasteiger partial charge in [0.05, 0.1) is 23.8 Å². The average molecular weight is 520 g/mol. The van der Waals surface area contributed by atoms with Gasteiger partial charge in [0, 0.05) is 22.5 Å². The van der Waals surface area contributed by atoms with E-state index >= 15 is 0 Å². The maximum atomic E-state index is 14.1. The third-order valence-electron chi connectivity index (χ3n) is 6.39. The van der Waals surface area contributed by atoms with E-state index in [2.05, 4.69) is 0 Å². The van der Waals surface area contributed by atoms with Gasteiger partial charge in [0.15, 0.2) is 0 Å². The Kier molecular flexibility index (Phi) is 6.60. The molecule has 0 aromatic heterocycles. The van der Waals surface area contributed by atoms with Crippen LogP contribution in [-0.4, -0.2) is 40.0 Å². The molecule has 2 aliphatic rings.